The van der Waals surface area contributed by atoms with Gasteiger partial charge in [0, 0.05) is 28.6 Å². The van der Waals surface area contributed by atoms with Gasteiger partial charge in [-0.05, 0) is 47.9 Å². The molecule has 1 aromatic heterocycles. The maximum Gasteiger partial charge on any atom is 0.275 e. The standard InChI is InChI=1S/C24H25ClN2O/c1-23(2)18-12-13-24(23,3)21-20(18)22(28)27(26(21)4)16-9-7-8-15(14-16)17-10-5-6-11-19(17)25/h5-11,14,18H,12-13H2,1-4H3/t18-,24+/m1/s1. The molecule has 144 valence electrons. The molecule has 0 N–H and O–H groups in total. The molecule has 0 saturated heterocycles. The van der Waals surface area contributed by atoms with Crippen molar-refractivity contribution in [1.82, 2.24) is 9.36 Å². The van der Waals surface area contributed by atoms with Gasteiger partial charge in [0.15, 0.2) is 0 Å². The van der Waals surface area contributed by atoms with Crippen LogP contribution in [0.5, 0.6) is 0 Å². The van der Waals surface area contributed by atoms with E-state index in [1.807, 2.05) is 54.2 Å². The van der Waals surface area contributed by atoms with Crippen molar-refractivity contribution in [3.8, 4) is 16.8 Å². The number of halogens is 1. The van der Waals surface area contributed by atoms with Crippen LogP contribution in [0.15, 0.2) is 53.3 Å². The smallest absolute Gasteiger partial charge is 0.275 e. The molecule has 2 atom stereocenters. The fraction of sp³-hybridized carbons (Fsp3) is 0.375. The summed E-state index contributed by atoms with van der Waals surface area (Å²) >= 11 is 6.40. The van der Waals surface area contributed by atoms with Crippen LogP contribution in [0.2, 0.25) is 5.02 Å². The minimum Gasteiger partial charge on any atom is -0.284 e. The maximum absolute atomic E-state index is 13.5. The number of fused-ring (bicyclic) bond motifs is 5. The van der Waals surface area contributed by atoms with Gasteiger partial charge in [0.1, 0.15) is 0 Å². The Hall–Kier alpha value is -2.26. The largest absolute Gasteiger partial charge is 0.284 e. The first-order valence-corrected chi connectivity index (χ1v) is 10.3. The van der Waals surface area contributed by atoms with Gasteiger partial charge < -0.3 is 0 Å². The predicted octanol–water partition coefficient (Wildman–Crippen LogP) is 5.67. The van der Waals surface area contributed by atoms with Crippen molar-refractivity contribution in [2.24, 2.45) is 12.5 Å². The van der Waals surface area contributed by atoms with Gasteiger partial charge in [-0.1, -0.05) is 62.7 Å². The van der Waals surface area contributed by atoms with Crippen molar-refractivity contribution in [3.63, 3.8) is 0 Å². The minimum absolute atomic E-state index is 0.0481. The molecular formula is C24H25ClN2O. The molecule has 1 saturated carbocycles. The second kappa shape index (κ2) is 5.64. The Morgan fingerprint density at radius 2 is 1.82 bits per heavy atom. The summed E-state index contributed by atoms with van der Waals surface area (Å²) in [5.74, 6) is 0.346. The van der Waals surface area contributed by atoms with Gasteiger partial charge in [0.2, 0.25) is 0 Å². The molecule has 0 spiro atoms. The lowest BCUT2D eigenvalue weighted by molar-refractivity contribution is 0.218. The van der Waals surface area contributed by atoms with Gasteiger partial charge in [0.05, 0.1) is 11.4 Å². The molecule has 5 rings (SSSR count). The molecule has 2 aromatic carbocycles. The molecule has 2 aliphatic carbocycles. The maximum atomic E-state index is 13.5. The molecule has 3 nitrogen and oxygen atoms in total. The SMILES string of the molecule is Cn1c2c(c(=O)n1-c1cccc(-c3ccccc3Cl)c1)[C@H]1CC[C@]2(C)C1(C)C. The van der Waals surface area contributed by atoms with Crippen molar-refractivity contribution in [2.45, 2.75) is 44.9 Å². The number of hydrogen-bond donors (Lipinski definition) is 0. The Morgan fingerprint density at radius 1 is 1.07 bits per heavy atom. The molecule has 0 unspecified atom stereocenters. The predicted molar refractivity (Wildman–Crippen MR) is 115 cm³/mol. The molecule has 1 fully saturated rings. The van der Waals surface area contributed by atoms with E-state index in [1.165, 1.54) is 5.69 Å². The van der Waals surface area contributed by atoms with E-state index in [0.717, 1.165) is 35.2 Å². The topological polar surface area (TPSA) is 26.9 Å². The zero-order chi connectivity index (χ0) is 19.8. The van der Waals surface area contributed by atoms with Crippen molar-refractivity contribution in [1.29, 1.82) is 0 Å². The number of nitrogens with zero attached hydrogens (tertiary/aromatic N) is 2. The van der Waals surface area contributed by atoms with E-state index in [2.05, 4.69) is 31.5 Å². The monoisotopic (exact) mass is 392 g/mol. The highest BCUT2D eigenvalue weighted by atomic mass is 35.5. The van der Waals surface area contributed by atoms with Crippen LogP contribution in [0.4, 0.5) is 0 Å². The molecule has 0 amide bonds. The number of benzene rings is 2. The van der Waals surface area contributed by atoms with Crippen LogP contribution in [0.1, 0.15) is 50.8 Å². The third-order valence-electron chi connectivity index (χ3n) is 7.67. The van der Waals surface area contributed by atoms with E-state index >= 15 is 0 Å². The Balaban J connectivity index is 1.71. The molecular weight excluding hydrogens is 368 g/mol. The fourth-order valence-corrected chi connectivity index (χ4v) is 6.06. The second-order valence-corrected chi connectivity index (χ2v) is 9.49. The highest BCUT2D eigenvalue weighted by molar-refractivity contribution is 6.33. The molecule has 0 radical (unpaired) electrons. The van der Waals surface area contributed by atoms with Crippen LogP contribution in [0.3, 0.4) is 0 Å². The van der Waals surface area contributed by atoms with Crippen LogP contribution < -0.4 is 5.56 Å². The van der Waals surface area contributed by atoms with Crippen LogP contribution in [-0.2, 0) is 12.5 Å². The summed E-state index contributed by atoms with van der Waals surface area (Å²) in [7, 11) is 2.03. The molecule has 28 heavy (non-hydrogen) atoms. The number of hydrogen-bond acceptors (Lipinski definition) is 1. The molecule has 0 aliphatic heterocycles. The van der Waals surface area contributed by atoms with Crippen molar-refractivity contribution < 1.29 is 0 Å². The molecule has 1 heterocycles. The lowest BCUT2D eigenvalue weighted by Crippen LogP contribution is -2.35. The van der Waals surface area contributed by atoms with Crippen LogP contribution in [0, 0.1) is 5.41 Å². The van der Waals surface area contributed by atoms with Gasteiger partial charge >= 0.3 is 0 Å². The van der Waals surface area contributed by atoms with Gasteiger partial charge in [-0.2, -0.15) is 0 Å². The minimum atomic E-state index is 0.0481. The van der Waals surface area contributed by atoms with Crippen LogP contribution in [-0.4, -0.2) is 9.36 Å². The Kier molecular flexibility index (Phi) is 3.59. The Morgan fingerprint density at radius 3 is 2.54 bits per heavy atom. The van der Waals surface area contributed by atoms with Crippen LogP contribution in [0.25, 0.3) is 16.8 Å². The van der Waals surface area contributed by atoms with Gasteiger partial charge in [-0.15, -0.1) is 0 Å². The van der Waals surface area contributed by atoms with E-state index < -0.39 is 0 Å². The van der Waals surface area contributed by atoms with Crippen molar-refractivity contribution >= 4 is 11.6 Å². The summed E-state index contributed by atoms with van der Waals surface area (Å²) in [5, 5.41) is 0.716. The second-order valence-electron chi connectivity index (χ2n) is 9.08. The summed E-state index contributed by atoms with van der Waals surface area (Å²) < 4.78 is 3.95. The van der Waals surface area contributed by atoms with Crippen molar-refractivity contribution in [3.05, 3.63) is 75.2 Å². The normalized spacial score (nSPS) is 24.5. The first kappa shape index (κ1) is 17.8. The summed E-state index contributed by atoms with van der Waals surface area (Å²) in [6.07, 6.45) is 2.25. The van der Waals surface area contributed by atoms with E-state index in [0.29, 0.717) is 10.9 Å². The summed E-state index contributed by atoms with van der Waals surface area (Å²) in [5.41, 5.74) is 5.46. The van der Waals surface area contributed by atoms with E-state index in [4.69, 9.17) is 11.6 Å². The van der Waals surface area contributed by atoms with Gasteiger partial charge in [-0.3, -0.25) is 9.48 Å². The molecule has 3 aromatic rings. The first-order chi connectivity index (χ1) is 13.3. The number of rotatable bonds is 2. The zero-order valence-corrected chi connectivity index (χ0v) is 17.5. The summed E-state index contributed by atoms with van der Waals surface area (Å²) in [6, 6.07) is 15.9. The fourth-order valence-electron chi connectivity index (χ4n) is 5.81. The van der Waals surface area contributed by atoms with E-state index in [-0.39, 0.29) is 16.4 Å². The lowest BCUT2D eigenvalue weighted by Gasteiger charge is -2.36. The highest BCUT2D eigenvalue weighted by Gasteiger charge is 2.62. The Bertz CT molecular complexity index is 1170. The first-order valence-electron chi connectivity index (χ1n) is 9.95. The zero-order valence-electron chi connectivity index (χ0n) is 16.8. The average Bonchev–Trinajstić information content (AvgIpc) is 3.13. The van der Waals surface area contributed by atoms with Gasteiger partial charge in [0.25, 0.3) is 5.56 Å². The lowest BCUT2D eigenvalue weighted by atomic mass is 9.70. The summed E-state index contributed by atoms with van der Waals surface area (Å²) in [4.78, 5) is 13.5. The van der Waals surface area contributed by atoms with E-state index in [9.17, 15) is 4.79 Å². The van der Waals surface area contributed by atoms with E-state index in [1.54, 1.807) is 0 Å². The quantitative estimate of drug-likeness (QED) is 0.551. The molecule has 2 aliphatic rings. The third-order valence-corrected chi connectivity index (χ3v) is 8.00. The molecule has 2 bridgehead atoms. The summed E-state index contributed by atoms with van der Waals surface area (Å²) in [6.45, 7) is 6.99. The van der Waals surface area contributed by atoms with Crippen molar-refractivity contribution in [2.75, 3.05) is 0 Å². The molecule has 4 heteroatoms. The van der Waals surface area contributed by atoms with Crippen LogP contribution >= 0.6 is 11.6 Å². The van der Waals surface area contributed by atoms with Gasteiger partial charge in [-0.25, -0.2) is 4.68 Å². The number of aromatic nitrogens is 2. The average molecular weight is 393 g/mol. The third kappa shape index (κ3) is 2.03. The highest BCUT2D eigenvalue weighted by Crippen LogP contribution is 2.66. The Labute approximate surface area is 170 Å².